The number of anilines is 2. The number of hydrogen-bond acceptors (Lipinski definition) is 5. The lowest BCUT2D eigenvalue weighted by Gasteiger charge is -2.18. The molecule has 0 aromatic heterocycles. The number of aryl methyl sites for hydroxylation is 1. The van der Waals surface area contributed by atoms with E-state index in [9.17, 15) is 9.59 Å². The molecular weight excluding hydrogens is 404 g/mol. The van der Waals surface area contributed by atoms with Crippen LogP contribution in [-0.4, -0.2) is 26.0 Å². The maximum absolute atomic E-state index is 13.6. The quantitative estimate of drug-likeness (QED) is 0.576. The molecule has 0 radical (unpaired) electrons. The Morgan fingerprint density at radius 1 is 0.781 bits per heavy atom. The molecular formula is C26H24N2O4. The predicted molar refractivity (Wildman–Crippen MR) is 125 cm³/mol. The molecule has 1 aliphatic heterocycles. The summed E-state index contributed by atoms with van der Waals surface area (Å²) in [6.07, 6.45) is 0. The van der Waals surface area contributed by atoms with Gasteiger partial charge in [-0.25, -0.2) is 4.90 Å². The first kappa shape index (κ1) is 21.2. The first-order chi connectivity index (χ1) is 15.5. The molecule has 4 rings (SSSR count). The number of imide groups is 1. The number of hydrogen-bond donors (Lipinski definition) is 1. The molecule has 2 amide bonds. The zero-order valence-corrected chi connectivity index (χ0v) is 18.4. The standard InChI is InChI=1S/C26H24N2O4/c1-16-8-7-9-20(17(16)2)27-24-23(18-12-14-19(31-3)15-13-18)25(29)28(26(24)30)21-10-5-6-11-22(21)32-4/h5-15,27H,1-4H3. The van der Waals surface area contributed by atoms with Crippen LogP contribution < -0.4 is 19.7 Å². The summed E-state index contributed by atoms with van der Waals surface area (Å²) in [6.45, 7) is 3.98. The van der Waals surface area contributed by atoms with Gasteiger partial charge in [0.2, 0.25) is 0 Å². The summed E-state index contributed by atoms with van der Waals surface area (Å²) in [5, 5.41) is 3.24. The largest absolute Gasteiger partial charge is 0.497 e. The van der Waals surface area contributed by atoms with Crippen molar-refractivity contribution < 1.29 is 19.1 Å². The number of nitrogens with one attached hydrogen (secondary N) is 1. The van der Waals surface area contributed by atoms with Gasteiger partial charge in [-0.1, -0.05) is 36.4 Å². The van der Waals surface area contributed by atoms with Crippen LogP contribution in [0.25, 0.3) is 5.57 Å². The van der Waals surface area contributed by atoms with Crippen molar-refractivity contribution in [2.24, 2.45) is 0 Å². The van der Waals surface area contributed by atoms with E-state index in [1.54, 1.807) is 55.6 Å². The van der Waals surface area contributed by atoms with Gasteiger partial charge in [0.15, 0.2) is 0 Å². The Labute approximate surface area is 187 Å². The smallest absolute Gasteiger partial charge is 0.282 e. The molecule has 1 heterocycles. The van der Waals surface area contributed by atoms with Crippen molar-refractivity contribution in [3.8, 4) is 11.5 Å². The van der Waals surface area contributed by atoms with Gasteiger partial charge in [-0.2, -0.15) is 0 Å². The first-order valence-corrected chi connectivity index (χ1v) is 10.2. The van der Waals surface area contributed by atoms with Gasteiger partial charge in [-0.05, 0) is 60.9 Å². The first-order valence-electron chi connectivity index (χ1n) is 10.2. The SMILES string of the molecule is COc1ccc(C2=C(Nc3cccc(C)c3C)C(=O)N(c3ccccc3OC)C2=O)cc1. The fraction of sp³-hybridized carbons (Fsp3) is 0.154. The molecule has 1 N–H and O–H groups in total. The van der Waals surface area contributed by atoms with Crippen molar-refractivity contribution in [2.75, 3.05) is 24.4 Å². The number of benzene rings is 3. The summed E-state index contributed by atoms with van der Waals surface area (Å²) in [5.41, 5.74) is 4.39. The molecule has 3 aromatic carbocycles. The van der Waals surface area contributed by atoms with Gasteiger partial charge in [-0.3, -0.25) is 9.59 Å². The van der Waals surface area contributed by atoms with E-state index in [0.29, 0.717) is 28.3 Å². The zero-order chi connectivity index (χ0) is 22.8. The van der Waals surface area contributed by atoms with Crippen LogP contribution in [0.3, 0.4) is 0 Å². The summed E-state index contributed by atoms with van der Waals surface area (Å²) < 4.78 is 10.7. The lowest BCUT2D eigenvalue weighted by molar-refractivity contribution is -0.120. The minimum atomic E-state index is -0.439. The van der Waals surface area contributed by atoms with Crippen LogP contribution in [0.2, 0.25) is 0 Å². The minimum Gasteiger partial charge on any atom is -0.497 e. The van der Waals surface area contributed by atoms with Gasteiger partial charge < -0.3 is 14.8 Å². The van der Waals surface area contributed by atoms with Crippen molar-refractivity contribution in [1.29, 1.82) is 0 Å². The average Bonchev–Trinajstić information content (AvgIpc) is 3.06. The number of amides is 2. The Kier molecular flexibility index (Phi) is 5.69. The molecule has 0 bridgehead atoms. The summed E-state index contributed by atoms with van der Waals surface area (Å²) in [6, 6.07) is 19.9. The Morgan fingerprint density at radius 3 is 2.19 bits per heavy atom. The Morgan fingerprint density at radius 2 is 1.50 bits per heavy atom. The fourth-order valence-corrected chi connectivity index (χ4v) is 3.73. The molecule has 6 heteroatoms. The monoisotopic (exact) mass is 428 g/mol. The molecule has 6 nitrogen and oxygen atoms in total. The summed E-state index contributed by atoms with van der Waals surface area (Å²) >= 11 is 0. The second-order valence-electron chi connectivity index (χ2n) is 7.47. The van der Waals surface area contributed by atoms with Gasteiger partial charge >= 0.3 is 0 Å². The van der Waals surface area contributed by atoms with Crippen LogP contribution in [0.15, 0.2) is 72.4 Å². The highest BCUT2D eigenvalue weighted by Crippen LogP contribution is 2.38. The molecule has 0 fully saturated rings. The number of nitrogens with zero attached hydrogens (tertiary/aromatic N) is 1. The number of methoxy groups -OCH3 is 2. The van der Waals surface area contributed by atoms with Crippen molar-refractivity contribution in [2.45, 2.75) is 13.8 Å². The Bertz CT molecular complexity index is 1230. The normalized spacial score (nSPS) is 13.6. The maximum atomic E-state index is 13.6. The van der Waals surface area contributed by atoms with Crippen LogP contribution >= 0.6 is 0 Å². The van der Waals surface area contributed by atoms with Crippen LogP contribution in [0, 0.1) is 13.8 Å². The molecule has 0 aliphatic carbocycles. The second kappa shape index (κ2) is 8.59. The second-order valence-corrected chi connectivity index (χ2v) is 7.47. The van der Waals surface area contributed by atoms with E-state index in [1.807, 2.05) is 32.0 Å². The highest BCUT2D eigenvalue weighted by molar-refractivity contribution is 6.46. The predicted octanol–water partition coefficient (Wildman–Crippen LogP) is 4.72. The number of carbonyl (C=O) groups excluding carboxylic acids is 2. The number of rotatable bonds is 6. The van der Waals surface area contributed by atoms with E-state index in [4.69, 9.17) is 9.47 Å². The lowest BCUT2D eigenvalue weighted by atomic mass is 10.0. The van der Waals surface area contributed by atoms with E-state index < -0.39 is 11.8 Å². The van der Waals surface area contributed by atoms with E-state index in [1.165, 1.54) is 7.11 Å². The Balaban J connectivity index is 1.86. The lowest BCUT2D eigenvalue weighted by Crippen LogP contribution is -2.32. The third kappa shape index (κ3) is 3.60. The molecule has 0 atom stereocenters. The van der Waals surface area contributed by atoms with E-state index in [2.05, 4.69) is 5.32 Å². The maximum Gasteiger partial charge on any atom is 0.282 e. The van der Waals surface area contributed by atoms with Crippen molar-refractivity contribution in [3.05, 3.63) is 89.1 Å². The molecule has 0 spiro atoms. The molecule has 162 valence electrons. The zero-order valence-electron chi connectivity index (χ0n) is 18.4. The third-order valence-electron chi connectivity index (χ3n) is 5.65. The van der Waals surface area contributed by atoms with Crippen molar-refractivity contribution >= 4 is 28.8 Å². The summed E-state index contributed by atoms with van der Waals surface area (Å²) in [4.78, 5) is 28.4. The van der Waals surface area contributed by atoms with Gasteiger partial charge in [0.05, 0.1) is 25.5 Å². The van der Waals surface area contributed by atoms with Gasteiger partial charge in [-0.15, -0.1) is 0 Å². The highest BCUT2D eigenvalue weighted by Gasteiger charge is 2.41. The van der Waals surface area contributed by atoms with Crippen LogP contribution in [0.5, 0.6) is 11.5 Å². The highest BCUT2D eigenvalue weighted by atomic mass is 16.5. The van der Waals surface area contributed by atoms with Crippen LogP contribution in [0.1, 0.15) is 16.7 Å². The minimum absolute atomic E-state index is 0.222. The molecule has 32 heavy (non-hydrogen) atoms. The van der Waals surface area contributed by atoms with E-state index in [0.717, 1.165) is 21.7 Å². The molecule has 1 aliphatic rings. The summed E-state index contributed by atoms with van der Waals surface area (Å²) in [5.74, 6) is 0.247. The van der Waals surface area contributed by atoms with E-state index >= 15 is 0 Å². The van der Waals surface area contributed by atoms with Crippen LogP contribution in [0.4, 0.5) is 11.4 Å². The van der Waals surface area contributed by atoms with Crippen molar-refractivity contribution in [3.63, 3.8) is 0 Å². The van der Waals surface area contributed by atoms with Gasteiger partial charge in [0.25, 0.3) is 11.8 Å². The number of para-hydroxylation sites is 2. The van der Waals surface area contributed by atoms with E-state index in [-0.39, 0.29) is 5.70 Å². The summed E-state index contributed by atoms with van der Waals surface area (Å²) in [7, 11) is 3.09. The molecule has 0 saturated heterocycles. The van der Waals surface area contributed by atoms with Crippen LogP contribution in [-0.2, 0) is 9.59 Å². The fourth-order valence-electron chi connectivity index (χ4n) is 3.73. The Hall–Kier alpha value is -4.06. The molecule has 0 saturated carbocycles. The van der Waals surface area contributed by atoms with Gasteiger partial charge in [0.1, 0.15) is 17.2 Å². The molecule has 0 unspecified atom stereocenters. The number of ether oxygens (including phenoxy) is 2. The number of carbonyl (C=O) groups is 2. The average molecular weight is 428 g/mol. The van der Waals surface area contributed by atoms with Crippen molar-refractivity contribution in [1.82, 2.24) is 0 Å². The third-order valence-corrected chi connectivity index (χ3v) is 5.65. The molecule has 3 aromatic rings. The topological polar surface area (TPSA) is 67.9 Å². The van der Waals surface area contributed by atoms with Gasteiger partial charge in [0, 0.05) is 5.69 Å².